The molecule has 3 heteroatoms. The van der Waals surface area contributed by atoms with Crippen LogP contribution in [0, 0.1) is 6.92 Å². The minimum atomic E-state index is 0.422. The third-order valence-corrected chi connectivity index (χ3v) is 2.63. The number of halogens is 1. The number of anilines is 1. The van der Waals surface area contributed by atoms with E-state index in [0.29, 0.717) is 11.2 Å². The molecular weight excluding hydrogens is 208 g/mol. The van der Waals surface area contributed by atoms with E-state index in [-0.39, 0.29) is 0 Å². The smallest absolute Gasteiger partial charge is 0.132 e. The fraction of sp³-hybridized carbons (Fsp3) is 0.417. The summed E-state index contributed by atoms with van der Waals surface area (Å²) >= 11 is 5.85. The predicted molar refractivity (Wildman–Crippen MR) is 66.5 cm³/mol. The highest BCUT2D eigenvalue weighted by Crippen LogP contribution is 2.17. The summed E-state index contributed by atoms with van der Waals surface area (Å²) in [4.78, 5) is 4.09. The number of aryl methyl sites for hydroxylation is 1. The van der Waals surface area contributed by atoms with Crippen molar-refractivity contribution < 1.29 is 0 Å². The Morgan fingerprint density at radius 3 is 3.00 bits per heavy atom. The first-order chi connectivity index (χ1) is 7.13. The number of rotatable bonds is 5. The van der Waals surface area contributed by atoms with Crippen LogP contribution >= 0.6 is 11.6 Å². The van der Waals surface area contributed by atoms with Gasteiger partial charge >= 0.3 is 0 Å². The maximum absolute atomic E-state index is 5.85. The van der Waals surface area contributed by atoms with Crippen LogP contribution in [0.4, 0.5) is 5.69 Å². The number of aromatic nitrogens is 1. The molecule has 1 unspecified atom stereocenters. The van der Waals surface area contributed by atoms with Crippen molar-refractivity contribution in [3.05, 3.63) is 35.6 Å². The summed E-state index contributed by atoms with van der Waals surface area (Å²) in [7, 11) is 0. The van der Waals surface area contributed by atoms with Crippen LogP contribution in [-0.2, 0) is 0 Å². The van der Waals surface area contributed by atoms with E-state index >= 15 is 0 Å². The van der Waals surface area contributed by atoms with Gasteiger partial charge in [0.2, 0.25) is 0 Å². The van der Waals surface area contributed by atoms with Gasteiger partial charge in [-0.1, -0.05) is 17.7 Å². The molecule has 0 bridgehead atoms. The summed E-state index contributed by atoms with van der Waals surface area (Å²) < 4.78 is 0. The Kier molecular flexibility index (Phi) is 4.63. The second kappa shape index (κ2) is 5.76. The molecule has 82 valence electrons. The first kappa shape index (κ1) is 12.1. The molecule has 0 fully saturated rings. The lowest BCUT2D eigenvalue weighted by molar-refractivity contribution is 0.718. The van der Waals surface area contributed by atoms with Crippen LogP contribution < -0.4 is 5.32 Å². The maximum atomic E-state index is 5.85. The molecule has 1 aromatic rings. The second-order valence-electron chi connectivity index (χ2n) is 3.74. The van der Waals surface area contributed by atoms with Crippen molar-refractivity contribution in [1.29, 1.82) is 0 Å². The summed E-state index contributed by atoms with van der Waals surface area (Å²) in [6.45, 7) is 7.81. The molecule has 1 N–H and O–H groups in total. The van der Waals surface area contributed by atoms with Crippen LogP contribution in [0.15, 0.2) is 24.9 Å². The monoisotopic (exact) mass is 224 g/mol. The van der Waals surface area contributed by atoms with Crippen molar-refractivity contribution in [2.24, 2.45) is 0 Å². The number of allylic oxidation sites excluding steroid dienone is 1. The first-order valence-electron chi connectivity index (χ1n) is 5.13. The lowest BCUT2D eigenvalue weighted by Crippen LogP contribution is -2.14. The van der Waals surface area contributed by atoms with E-state index < -0.39 is 0 Å². The van der Waals surface area contributed by atoms with Crippen molar-refractivity contribution in [1.82, 2.24) is 4.98 Å². The first-order valence-corrected chi connectivity index (χ1v) is 5.51. The van der Waals surface area contributed by atoms with Crippen molar-refractivity contribution in [2.75, 3.05) is 5.32 Å². The SMILES string of the molecule is C=CCCC(C)Nc1cnc(Cl)c(C)c1. The van der Waals surface area contributed by atoms with Crippen molar-refractivity contribution in [3.8, 4) is 0 Å². The number of nitrogens with zero attached hydrogens (tertiary/aromatic N) is 1. The lowest BCUT2D eigenvalue weighted by atomic mass is 10.1. The molecular formula is C12H17ClN2. The Balaban J connectivity index is 2.56. The molecule has 1 atom stereocenters. The van der Waals surface area contributed by atoms with Crippen molar-refractivity contribution in [2.45, 2.75) is 32.7 Å². The van der Waals surface area contributed by atoms with Crippen molar-refractivity contribution >= 4 is 17.3 Å². The van der Waals surface area contributed by atoms with Crippen LogP contribution in [0.1, 0.15) is 25.3 Å². The van der Waals surface area contributed by atoms with Crippen LogP contribution in [0.25, 0.3) is 0 Å². The largest absolute Gasteiger partial charge is 0.381 e. The minimum Gasteiger partial charge on any atom is -0.381 e. The number of pyridine rings is 1. The number of hydrogen-bond acceptors (Lipinski definition) is 2. The van der Waals surface area contributed by atoms with Gasteiger partial charge in [0.15, 0.2) is 0 Å². The summed E-state index contributed by atoms with van der Waals surface area (Å²) in [5, 5.41) is 3.94. The highest BCUT2D eigenvalue weighted by molar-refractivity contribution is 6.30. The molecule has 0 radical (unpaired) electrons. The zero-order chi connectivity index (χ0) is 11.3. The minimum absolute atomic E-state index is 0.422. The lowest BCUT2D eigenvalue weighted by Gasteiger charge is -2.14. The molecule has 15 heavy (non-hydrogen) atoms. The Morgan fingerprint density at radius 1 is 1.67 bits per heavy atom. The molecule has 1 rings (SSSR count). The van der Waals surface area contributed by atoms with E-state index in [2.05, 4.69) is 23.8 Å². The molecule has 0 amide bonds. The van der Waals surface area contributed by atoms with Crippen LogP contribution in [0.2, 0.25) is 5.15 Å². The van der Waals surface area contributed by atoms with Crippen LogP contribution in [0.5, 0.6) is 0 Å². The van der Waals surface area contributed by atoms with Gasteiger partial charge < -0.3 is 5.32 Å². The molecule has 0 spiro atoms. The third-order valence-electron chi connectivity index (χ3n) is 2.23. The van der Waals surface area contributed by atoms with Gasteiger partial charge in [-0.2, -0.15) is 0 Å². The van der Waals surface area contributed by atoms with Gasteiger partial charge in [0.1, 0.15) is 5.15 Å². The Labute approximate surface area is 96.4 Å². The van der Waals surface area contributed by atoms with E-state index in [9.17, 15) is 0 Å². The van der Waals surface area contributed by atoms with E-state index in [1.165, 1.54) is 0 Å². The molecule has 0 aliphatic carbocycles. The van der Waals surface area contributed by atoms with E-state index in [0.717, 1.165) is 24.1 Å². The Hall–Kier alpha value is -1.02. The topological polar surface area (TPSA) is 24.9 Å². The standard InChI is InChI=1S/C12H17ClN2/c1-4-5-6-10(3)15-11-7-9(2)12(13)14-8-11/h4,7-8,10,15H,1,5-6H2,2-3H3. The van der Waals surface area contributed by atoms with Crippen LogP contribution in [-0.4, -0.2) is 11.0 Å². The molecule has 1 heterocycles. The van der Waals surface area contributed by atoms with Gasteiger partial charge in [0.25, 0.3) is 0 Å². The third kappa shape index (κ3) is 3.92. The van der Waals surface area contributed by atoms with Crippen molar-refractivity contribution in [3.63, 3.8) is 0 Å². The molecule has 0 saturated carbocycles. The summed E-state index contributed by atoms with van der Waals surface area (Å²) in [5.74, 6) is 0. The molecule has 2 nitrogen and oxygen atoms in total. The number of hydrogen-bond donors (Lipinski definition) is 1. The average molecular weight is 225 g/mol. The van der Waals surface area contributed by atoms with Gasteiger partial charge in [-0.25, -0.2) is 4.98 Å². The fourth-order valence-corrected chi connectivity index (χ4v) is 1.46. The highest BCUT2D eigenvalue weighted by Gasteiger charge is 2.03. The van der Waals surface area contributed by atoms with Gasteiger partial charge in [0.05, 0.1) is 11.9 Å². The van der Waals surface area contributed by atoms with E-state index in [1.54, 1.807) is 6.20 Å². The predicted octanol–water partition coefficient (Wildman–Crippen LogP) is 3.81. The maximum Gasteiger partial charge on any atom is 0.132 e. The molecule has 0 aliphatic rings. The summed E-state index contributed by atoms with van der Waals surface area (Å²) in [6, 6.07) is 2.44. The molecule has 0 aromatic carbocycles. The van der Waals surface area contributed by atoms with Gasteiger partial charge in [-0.15, -0.1) is 6.58 Å². The molecule has 0 aliphatic heterocycles. The van der Waals surface area contributed by atoms with Gasteiger partial charge in [0, 0.05) is 6.04 Å². The Morgan fingerprint density at radius 2 is 2.40 bits per heavy atom. The normalized spacial score (nSPS) is 12.2. The van der Waals surface area contributed by atoms with E-state index in [4.69, 9.17) is 11.6 Å². The molecule has 1 aromatic heterocycles. The second-order valence-corrected chi connectivity index (χ2v) is 4.10. The highest BCUT2D eigenvalue weighted by atomic mass is 35.5. The zero-order valence-electron chi connectivity index (χ0n) is 9.26. The quantitative estimate of drug-likeness (QED) is 0.608. The summed E-state index contributed by atoms with van der Waals surface area (Å²) in [6.07, 6.45) is 5.79. The average Bonchev–Trinajstić information content (AvgIpc) is 2.20. The van der Waals surface area contributed by atoms with E-state index in [1.807, 2.05) is 19.1 Å². The zero-order valence-corrected chi connectivity index (χ0v) is 10.0. The van der Waals surface area contributed by atoms with Gasteiger partial charge in [-0.05, 0) is 38.3 Å². The van der Waals surface area contributed by atoms with Gasteiger partial charge in [-0.3, -0.25) is 0 Å². The summed E-state index contributed by atoms with van der Waals surface area (Å²) in [5.41, 5.74) is 2.02. The molecule has 0 saturated heterocycles. The van der Waals surface area contributed by atoms with Crippen LogP contribution in [0.3, 0.4) is 0 Å². The number of nitrogens with one attached hydrogen (secondary N) is 1. The fourth-order valence-electron chi connectivity index (χ4n) is 1.36. The Bertz CT molecular complexity index is 336.